The van der Waals surface area contributed by atoms with E-state index in [0.29, 0.717) is 17.3 Å². The van der Waals surface area contributed by atoms with Crippen LogP contribution in [0.2, 0.25) is 0 Å². The average Bonchev–Trinajstić information content (AvgIpc) is 3.10. The van der Waals surface area contributed by atoms with Gasteiger partial charge >= 0.3 is 6.18 Å². The molecule has 0 amide bonds. The summed E-state index contributed by atoms with van der Waals surface area (Å²) in [6, 6.07) is 0. The van der Waals surface area contributed by atoms with Crippen molar-refractivity contribution in [1.82, 2.24) is 24.7 Å². The first-order chi connectivity index (χ1) is 13.3. The Bertz CT molecular complexity index is 846. The molecule has 4 heterocycles. The van der Waals surface area contributed by atoms with E-state index in [0.717, 1.165) is 68.9 Å². The van der Waals surface area contributed by atoms with Crippen LogP contribution in [0.5, 0.6) is 0 Å². The van der Waals surface area contributed by atoms with Crippen LogP contribution in [0, 0.1) is 19.8 Å². The number of alkyl halides is 3. The number of anilines is 1. The molecule has 0 bridgehead atoms. The number of halogens is 3. The van der Waals surface area contributed by atoms with Crippen molar-refractivity contribution in [3.8, 4) is 0 Å². The lowest BCUT2D eigenvalue weighted by atomic mass is 9.96. The predicted molar refractivity (Wildman–Crippen MR) is 97.5 cm³/mol. The zero-order valence-electron chi connectivity index (χ0n) is 16.2. The second-order valence-corrected chi connectivity index (χ2v) is 7.70. The number of fused-ring (bicyclic) bond motifs is 1. The monoisotopic (exact) mass is 398 g/mol. The van der Waals surface area contributed by atoms with Gasteiger partial charge in [0.05, 0.1) is 13.2 Å². The molecule has 0 radical (unpaired) electrons. The number of morpholine rings is 1. The van der Waals surface area contributed by atoms with Crippen molar-refractivity contribution in [1.29, 1.82) is 0 Å². The van der Waals surface area contributed by atoms with Crippen molar-refractivity contribution >= 4 is 11.5 Å². The molecule has 0 N–H and O–H groups in total. The lowest BCUT2D eigenvalue weighted by Crippen LogP contribution is -2.45. The van der Waals surface area contributed by atoms with Crippen LogP contribution >= 0.6 is 0 Å². The van der Waals surface area contributed by atoms with Crippen LogP contribution in [0.3, 0.4) is 0 Å². The molecule has 28 heavy (non-hydrogen) atoms. The summed E-state index contributed by atoms with van der Waals surface area (Å²) in [5, 5.41) is 11.4. The first kappa shape index (κ1) is 19.4. The maximum Gasteiger partial charge on any atom is 0.453 e. The van der Waals surface area contributed by atoms with Crippen LogP contribution in [-0.2, 0) is 10.9 Å². The average molecular weight is 398 g/mol. The van der Waals surface area contributed by atoms with Gasteiger partial charge in [-0.15, -0.1) is 15.3 Å². The van der Waals surface area contributed by atoms with Gasteiger partial charge in [-0.25, -0.2) is 0 Å². The highest BCUT2D eigenvalue weighted by Crippen LogP contribution is 2.32. The number of aryl methyl sites for hydroxylation is 1. The zero-order valence-corrected chi connectivity index (χ0v) is 16.2. The van der Waals surface area contributed by atoms with Crippen molar-refractivity contribution in [3.05, 3.63) is 17.0 Å². The van der Waals surface area contributed by atoms with Crippen molar-refractivity contribution in [2.45, 2.75) is 32.9 Å². The van der Waals surface area contributed by atoms with Gasteiger partial charge in [0.25, 0.3) is 5.82 Å². The van der Waals surface area contributed by atoms with Gasteiger partial charge in [-0.05, 0) is 32.6 Å². The van der Waals surface area contributed by atoms with E-state index in [1.54, 1.807) is 6.92 Å². The molecule has 2 fully saturated rings. The van der Waals surface area contributed by atoms with Gasteiger partial charge in [0.1, 0.15) is 0 Å². The largest absolute Gasteiger partial charge is 0.453 e. The second-order valence-electron chi connectivity index (χ2n) is 7.70. The maximum atomic E-state index is 13.3. The Kier molecular flexibility index (Phi) is 5.17. The van der Waals surface area contributed by atoms with Crippen LogP contribution in [0.4, 0.5) is 19.0 Å². The molecule has 0 aliphatic carbocycles. The van der Waals surface area contributed by atoms with Crippen molar-refractivity contribution in [2.75, 3.05) is 50.8 Å². The molecular weight excluding hydrogens is 373 g/mol. The van der Waals surface area contributed by atoms with E-state index in [1.807, 2.05) is 6.92 Å². The summed E-state index contributed by atoms with van der Waals surface area (Å²) < 4.78 is 46.1. The van der Waals surface area contributed by atoms with E-state index < -0.39 is 12.0 Å². The number of aromatic nitrogens is 4. The van der Waals surface area contributed by atoms with E-state index in [9.17, 15) is 13.2 Å². The highest BCUT2D eigenvalue weighted by atomic mass is 19.4. The third kappa shape index (κ3) is 3.67. The van der Waals surface area contributed by atoms with Crippen LogP contribution in [-0.4, -0.2) is 70.6 Å². The minimum atomic E-state index is -4.59. The standard InChI is InChI=1S/C18H25F3N6O/c1-12-13(2)16(24-27-15(12)22-23-17(27)18(19,20)21)26-5-3-4-14(11-26)10-25-6-8-28-9-7-25/h14H,3-11H2,1-2H3. The Hall–Kier alpha value is -1.94. The lowest BCUT2D eigenvalue weighted by Gasteiger charge is -2.37. The zero-order chi connectivity index (χ0) is 19.9. The second kappa shape index (κ2) is 7.47. The van der Waals surface area contributed by atoms with E-state index in [2.05, 4.69) is 25.1 Å². The first-order valence-corrected chi connectivity index (χ1v) is 9.69. The molecule has 2 aromatic heterocycles. The van der Waals surface area contributed by atoms with Crippen molar-refractivity contribution in [3.63, 3.8) is 0 Å². The molecule has 2 aliphatic rings. The Morgan fingerprint density at radius 3 is 2.54 bits per heavy atom. The van der Waals surface area contributed by atoms with Gasteiger partial charge < -0.3 is 9.64 Å². The third-order valence-electron chi connectivity index (χ3n) is 5.76. The van der Waals surface area contributed by atoms with E-state index in [1.165, 1.54) is 0 Å². The molecule has 0 saturated carbocycles. The van der Waals surface area contributed by atoms with Crippen molar-refractivity contribution in [2.24, 2.45) is 5.92 Å². The van der Waals surface area contributed by atoms with E-state index in [4.69, 9.17) is 4.74 Å². The van der Waals surface area contributed by atoms with Crippen LogP contribution in [0.25, 0.3) is 5.65 Å². The van der Waals surface area contributed by atoms with Gasteiger partial charge in [0.2, 0.25) is 0 Å². The van der Waals surface area contributed by atoms with Gasteiger partial charge in [0.15, 0.2) is 11.5 Å². The molecule has 1 atom stereocenters. The number of hydrogen-bond donors (Lipinski definition) is 0. The molecule has 0 spiro atoms. The number of hydrogen-bond acceptors (Lipinski definition) is 6. The summed E-state index contributed by atoms with van der Waals surface area (Å²) >= 11 is 0. The fraction of sp³-hybridized carbons (Fsp3) is 0.722. The Labute approximate surface area is 161 Å². The smallest absolute Gasteiger partial charge is 0.379 e. The summed E-state index contributed by atoms with van der Waals surface area (Å²) in [6.45, 7) is 9.65. The molecule has 154 valence electrons. The number of ether oxygens (including phenoxy) is 1. The molecule has 2 saturated heterocycles. The molecule has 4 rings (SSSR count). The SMILES string of the molecule is Cc1c(N2CCCC(CN3CCOCC3)C2)nn2c(C(F)(F)F)nnc2c1C. The molecule has 2 aliphatic heterocycles. The van der Waals surface area contributed by atoms with Crippen LogP contribution in [0.1, 0.15) is 29.8 Å². The Morgan fingerprint density at radius 2 is 1.82 bits per heavy atom. The van der Waals surface area contributed by atoms with Crippen LogP contribution < -0.4 is 4.90 Å². The van der Waals surface area contributed by atoms with E-state index in [-0.39, 0.29) is 5.65 Å². The number of piperidine rings is 1. The summed E-state index contributed by atoms with van der Waals surface area (Å²) in [5.74, 6) is -0.0113. The molecule has 1 unspecified atom stereocenters. The summed E-state index contributed by atoms with van der Waals surface area (Å²) in [5.41, 5.74) is 1.71. The summed E-state index contributed by atoms with van der Waals surface area (Å²) in [6.07, 6.45) is -2.47. The fourth-order valence-corrected chi connectivity index (χ4v) is 4.15. The minimum Gasteiger partial charge on any atom is -0.379 e. The number of rotatable bonds is 3. The third-order valence-corrected chi connectivity index (χ3v) is 5.76. The normalized spacial score (nSPS) is 22.2. The molecular formula is C18H25F3N6O. The van der Waals surface area contributed by atoms with Crippen LogP contribution in [0.15, 0.2) is 0 Å². The van der Waals surface area contributed by atoms with Gasteiger partial charge in [-0.1, -0.05) is 0 Å². The van der Waals surface area contributed by atoms with E-state index >= 15 is 0 Å². The highest BCUT2D eigenvalue weighted by Gasteiger charge is 2.38. The topological polar surface area (TPSA) is 58.8 Å². The van der Waals surface area contributed by atoms with Gasteiger partial charge in [0, 0.05) is 43.9 Å². The summed E-state index contributed by atoms with van der Waals surface area (Å²) in [7, 11) is 0. The van der Waals surface area contributed by atoms with Crippen molar-refractivity contribution < 1.29 is 17.9 Å². The number of nitrogens with zero attached hydrogens (tertiary/aromatic N) is 6. The quantitative estimate of drug-likeness (QED) is 0.791. The fourth-order valence-electron chi connectivity index (χ4n) is 4.15. The highest BCUT2D eigenvalue weighted by molar-refractivity contribution is 5.59. The Balaban J connectivity index is 1.61. The predicted octanol–water partition coefficient (Wildman–Crippen LogP) is 2.31. The molecule has 0 aromatic carbocycles. The van der Waals surface area contributed by atoms with Gasteiger partial charge in [-0.3, -0.25) is 4.90 Å². The molecule has 7 nitrogen and oxygen atoms in total. The first-order valence-electron chi connectivity index (χ1n) is 9.69. The lowest BCUT2D eigenvalue weighted by molar-refractivity contribution is -0.146. The Morgan fingerprint density at radius 1 is 1.07 bits per heavy atom. The summed E-state index contributed by atoms with van der Waals surface area (Å²) in [4.78, 5) is 4.53. The maximum absolute atomic E-state index is 13.3. The molecule has 2 aromatic rings. The van der Waals surface area contributed by atoms with Gasteiger partial charge in [-0.2, -0.15) is 17.7 Å². The molecule has 10 heteroatoms. The minimum absolute atomic E-state index is 0.162.